The highest BCUT2D eigenvalue weighted by Crippen LogP contribution is 2.53. The van der Waals surface area contributed by atoms with E-state index in [-0.39, 0.29) is 16.5 Å². The molecule has 0 aliphatic carbocycles. The van der Waals surface area contributed by atoms with E-state index in [2.05, 4.69) is 5.43 Å². The first kappa shape index (κ1) is 28.3. The molecular weight excluding hydrogens is 620 g/mol. The number of aromatic nitrogens is 1. The van der Waals surface area contributed by atoms with Gasteiger partial charge in [0.2, 0.25) is 16.1 Å². The summed E-state index contributed by atoms with van der Waals surface area (Å²) in [5.74, 6) is -0.271. The molecule has 11 heteroatoms. The van der Waals surface area contributed by atoms with Crippen molar-refractivity contribution < 1.29 is 9.59 Å². The van der Waals surface area contributed by atoms with Gasteiger partial charge in [0.15, 0.2) is 0 Å². The lowest BCUT2D eigenvalue weighted by Gasteiger charge is -2.49. The lowest BCUT2D eigenvalue weighted by atomic mass is 9.80. The molecule has 3 amide bonds. The Morgan fingerprint density at radius 2 is 1.41 bits per heavy atom. The smallest absolute Gasteiger partial charge is 0.303 e. The Morgan fingerprint density at radius 1 is 0.783 bits per heavy atom. The SMILES string of the molecule is CN1C(=O)N(C)C2(c3ccccc3)Nn3c(s/c(=C4\C(=O)N(Cc5ccc(Cl)cc5)c5ccccc54)c3=O)=NC12c1ccccc1. The molecule has 228 valence electrons. The van der Waals surface area contributed by atoms with Gasteiger partial charge < -0.3 is 4.90 Å². The van der Waals surface area contributed by atoms with Gasteiger partial charge in [-0.05, 0) is 23.8 Å². The molecule has 8 rings (SSSR count). The second-order valence-corrected chi connectivity index (χ2v) is 12.9. The van der Waals surface area contributed by atoms with Gasteiger partial charge in [-0.1, -0.05) is 114 Å². The van der Waals surface area contributed by atoms with Crippen molar-refractivity contribution in [1.29, 1.82) is 0 Å². The highest BCUT2D eigenvalue weighted by Gasteiger charge is 2.69. The maximum atomic E-state index is 14.5. The molecule has 1 N–H and O–H groups in total. The summed E-state index contributed by atoms with van der Waals surface area (Å²) in [6, 6.07) is 33.7. The number of amides is 3. The summed E-state index contributed by atoms with van der Waals surface area (Å²) < 4.78 is 1.66. The van der Waals surface area contributed by atoms with Gasteiger partial charge in [-0.15, -0.1) is 0 Å². The van der Waals surface area contributed by atoms with E-state index >= 15 is 0 Å². The molecule has 4 heterocycles. The third-order valence-corrected chi connectivity index (χ3v) is 10.4. The number of rotatable bonds is 4. The summed E-state index contributed by atoms with van der Waals surface area (Å²) in [6.45, 7) is 0.317. The first-order valence-electron chi connectivity index (χ1n) is 14.7. The van der Waals surface area contributed by atoms with Crippen LogP contribution in [-0.2, 0) is 22.7 Å². The van der Waals surface area contributed by atoms with Crippen molar-refractivity contribution in [2.75, 3.05) is 24.4 Å². The topological polar surface area (TPSA) is 90.3 Å². The minimum atomic E-state index is -1.31. The normalized spacial score (nSPS) is 22.7. The number of para-hydroxylation sites is 1. The molecule has 1 fully saturated rings. The number of urea groups is 1. The first-order chi connectivity index (χ1) is 22.3. The Balaban J connectivity index is 1.40. The van der Waals surface area contributed by atoms with Crippen molar-refractivity contribution in [2.24, 2.45) is 4.99 Å². The van der Waals surface area contributed by atoms with Gasteiger partial charge in [-0.25, -0.2) is 9.79 Å². The number of halogens is 1. The fourth-order valence-electron chi connectivity index (χ4n) is 7.00. The number of likely N-dealkylation sites (N-methyl/N-ethyl adjacent to an activating group) is 2. The van der Waals surface area contributed by atoms with E-state index in [0.717, 1.165) is 33.7 Å². The Hall–Kier alpha value is -5.19. The number of benzene rings is 4. The maximum absolute atomic E-state index is 14.5. The summed E-state index contributed by atoms with van der Waals surface area (Å²) in [5.41, 5.74) is 4.62. The van der Waals surface area contributed by atoms with Gasteiger partial charge >= 0.3 is 6.03 Å². The molecule has 0 bridgehead atoms. The van der Waals surface area contributed by atoms with Crippen molar-refractivity contribution in [3.05, 3.63) is 156 Å². The quantitative estimate of drug-likeness (QED) is 0.317. The van der Waals surface area contributed by atoms with Gasteiger partial charge in [0.1, 0.15) is 4.53 Å². The number of carbonyl (C=O) groups is 2. The average molecular weight is 647 g/mol. The van der Waals surface area contributed by atoms with Crippen molar-refractivity contribution in [1.82, 2.24) is 14.5 Å². The summed E-state index contributed by atoms with van der Waals surface area (Å²) in [7, 11) is 3.44. The number of hydrogen-bond donors (Lipinski definition) is 1. The van der Waals surface area contributed by atoms with Crippen LogP contribution in [0.2, 0.25) is 5.02 Å². The minimum Gasteiger partial charge on any atom is -0.303 e. The molecule has 9 nitrogen and oxygen atoms in total. The lowest BCUT2D eigenvalue weighted by molar-refractivity contribution is -0.113. The summed E-state index contributed by atoms with van der Waals surface area (Å²) in [5, 5.41) is 0.613. The molecule has 4 aromatic carbocycles. The predicted molar refractivity (Wildman–Crippen MR) is 177 cm³/mol. The summed E-state index contributed by atoms with van der Waals surface area (Å²) >= 11 is 7.25. The number of nitrogens with one attached hydrogen (secondary N) is 1. The van der Waals surface area contributed by atoms with Crippen molar-refractivity contribution in [3.63, 3.8) is 0 Å². The van der Waals surface area contributed by atoms with Crippen molar-refractivity contribution >= 4 is 46.1 Å². The molecule has 2 unspecified atom stereocenters. The first-order valence-corrected chi connectivity index (χ1v) is 15.9. The third-order valence-electron chi connectivity index (χ3n) is 9.15. The number of thiazole rings is 1. The number of nitrogens with zero attached hydrogens (tertiary/aromatic N) is 5. The molecule has 2 atom stereocenters. The van der Waals surface area contributed by atoms with E-state index in [9.17, 15) is 14.4 Å². The molecule has 1 aromatic heterocycles. The minimum absolute atomic E-state index is 0.264. The molecule has 3 aliphatic rings. The molecular formula is C35H27ClN6O3S. The summed E-state index contributed by atoms with van der Waals surface area (Å²) in [6.07, 6.45) is 0. The van der Waals surface area contributed by atoms with Gasteiger partial charge in [0.05, 0.1) is 17.8 Å². The van der Waals surface area contributed by atoms with E-state index in [0.29, 0.717) is 27.5 Å². The highest BCUT2D eigenvalue weighted by molar-refractivity contribution is 7.07. The van der Waals surface area contributed by atoms with Gasteiger partial charge in [-0.2, -0.15) is 4.68 Å². The standard InChI is InChI=1S/C35H27ClN6O3S/c1-39-33(45)40(2)35(24-13-7-4-8-14-24)34(39,23-11-5-3-6-12-23)37-32-42(38-35)31(44)29(46-32)28-26-15-9-10-16-27(26)41(30(28)43)21-22-17-19-25(36)20-18-22/h3-20,38H,21H2,1-2H3/b29-28-. The van der Waals surface area contributed by atoms with E-state index in [1.54, 1.807) is 40.9 Å². The molecule has 1 saturated heterocycles. The largest absolute Gasteiger partial charge is 0.324 e. The third kappa shape index (κ3) is 3.68. The number of anilines is 1. The Bertz CT molecular complexity index is 2240. The number of fused-ring (bicyclic) bond motifs is 3. The van der Waals surface area contributed by atoms with E-state index in [4.69, 9.17) is 16.6 Å². The van der Waals surface area contributed by atoms with Crippen LogP contribution < -0.4 is 25.2 Å². The zero-order chi connectivity index (χ0) is 31.8. The lowest BCUT2D eigenvalue weighted by Crippen LogP contribution is -2.67. The molecule has 5 aromatic rings. The van der Waals surface area contributed by atoms with Crippen molar-refractivity contribution in [2.45, 2.75) is 17.9 Å². The molecule has 0 radical (unpaired) electrons. The van der Waals surface area contributed by atoms with Crippen LogP contribution in [0.1, 0.15) is 22.3 Å². The molecule has 46 heavy (non-hydrogen) atoms. The monoisotopic (exact) mass is 646 g/mol. The van der Waals surface area contributed by atoms with Crippen LogP contribution in [0.5, 0.6) is 0 Å². The van der Waals surface area contributed by atoms with Crippen molar-refractivity contribution in [3.8, 4) is 0 Å². The van der Waals surface area contributed by atoms with Crippen LogP contribution in [0.25, 0.3) is 5.57 Å². The predicted octanol–water partition coefficient (Wildman–Crippen LogP) is 4.19. The second kappa shape index (κ2) is 10.2. The Morgan fingerprint density at radius 3 is 2.11 bits per heavy atom. The number of hydrogen-bond acceptors (Lipinski definition) is 6. The van der Waals surface area contributed by atoms with E-state index < -0.39 is 16.9 Å². The van der Waals surface area contributed by atoms with Crippen LogP contribution in [0.3, 0.4) is 0 Å². The zero-order valence-electron chi connectivity index (χ0n) is 24.8. The van der Waals surface area contributed by atoms with Crippen LogP contribution in [0.4, 0.5) is 10.5 Å². The second-order valence-electron chi connectivity index (χ2n) is 11.5. The average Bonchev–Trinajstić information content (AvgIpc) is 3.61. The molecule has 3 aliphatic heterocycles. The summed E-state index contributed by atoms with van der Waals surface area (Å²) in [4.78, 5) is 53.1. The van der Waals surface area contributed by atoms with Crippen LogP contribution in [0, 0.1) is 0 Å². The fourth-order valence-corrected chi connectivity index (χ4v) is 8.18. The number of carbonyl (C=O) groups excluding carboxylic acids is 2. The van der Waals surface area contributed by atoms with Crippen LogP contribution in [0.15, 0.2) is 119 Å². The van der Waals surface area contributed by atoms with Crippen LogP contribution >= 0.6 is 22.9 Å². The zero-order valence-corrected chi connectivity index (χ0v) is 26.4. The molecule has 0 saturated carbocycles. The maximum Gasteiger partial charge on any atom is 0.324 e. The molecule has 0 spiro atoms. The van der Waals surface area contributed by atoms with Gasteiger partial charge in [-0.3, -0.25) is 24.8 Å². The van der Waals surface area contributed by atoms with Gasteiger partial charge in [0, 0.05) is 35.8 Å². The van der Waals surface area contributed by atoms with E-state index in [1.807, 2.05) is 97.1 Å². The highest BCUT2D eigenvalue weighted by atomic mass is 35.5. The van der Waals surface area contributed by atoms with Gasteiger partial charge in [0.25, 0.3) is 11.5 Å². The van der Waals surface area contributed by atoms with E-state index in [1.165, 1.54) is 4.68 Å². The Labute approximate surface area is 272 Å². The fraction of sp³-hybridized carbons (Fsp3) is 0.143. The Kier molecular flexibility index (Phi) is 6.25. The van der Waals surface area contributed by atoms with Crippen LogP contribution in [-0.4, -0.2) is 40.5 Å².